The van der Waals surface area contributed by atoms with E-state index < -0.39 is 5.60 Å². The highest BCUT2D eigenvalue weighted by molar-refractivity contribution is 5.76. The van der Waals surface area contributed by atoms with Gasteiger partial charge in [-0.3, -0.25) is 4.79 Å². The molecule has 0 unspecified atom stereocenters. The molecule has 0 aromatic heterocycles. The Morgan fingerprint density at radius 3 is 2.55 bits per heavy atom. The smallest absolute Gasteiger partial charge is 0.223 e. The van der Waals surface area contributed by atoms with Crippen LogP contribution in [0.5, 0.6) is 0 Å². The highest BCUT2D eigenvalue weighted by Crippen LogP contribution is 2.21. The first-order valence-corrected chi connectivity index (χ1v) is 7.39. The maximum absolute atomic E-state index is 11.9. The van der Waals surface area contributed by atoms with Gasteiger partial charge < -0.3 is 25.4 Å². The summed E-state index contributed by atoms with van der Waals surface area (Å²) in [6.07, 6.45) is 2.64. The first kappa shape index (κ1) is 17.4. The Labute approximate surface area is 121 Å². The molecule has 0 aliphatic carbocycles. The van der Waals surface area contributed by atoms with E-state index in [4.69, 9.17) is 10.5 Å². The second kappa shape index (κ2) is 8.56. The Morgan fingerprint density at radius 2 is 1.95 bits per heavy atom. The number of hydrogen-bond acceptors (Lipinski definition) is 5. The second-order valence-electron chi connectivity index (χ2n) is 5.78. The van der Waals surface area contributed by atoms with E-state index in [1.54, 1.807) is 4.90 Å². The lowest BCUT2D eigenvalue weighted by Gasteiger charge is -2.35. The number of nitrogens with zero attached hydrogens (tertiary/aromatic N) is 2. The molecule has 0 bridgehead atoms. The van der Waals surface area contributed by atoms with Crippen LogP contribution in [0.3, 0.4) is 0 Å². The zero-order chi connectivity index (χ0) is 15.0. The number of carbonyl (C=O) groups is 1. The number of rotatable bonds is 8. The lowest BCUT2D eigenvalue weighted by molar-refractivity contribution is -0.130. The van der Waals surface area contributed by atoms with E-state index in [-0.39, 0.29) is 5.91 Å². The molecule has 1 amide bonds. The number of likely N-dealkylation sites (N-methyl/N-ethyl adjacent to an activating group) is 1. The molecule has 6 heteroatoms. The zero-order valence-corrected chi connectivity index (χ0v) is 12.8. The van der Waals surface area contributed by atoms with Crippen molar-refractivity contribution in [1.82, 2.24) is 9.80 Å². The van der Waals surface area contributed by atoms with E-state index >= 15 is 0 Å². The normalized spacial score (nSPS) is 18.2. The van der Waals surface area contributed by atoms with Crippen LogP contribution < -0.4 is 5.73 Å². The van der Waals surface area contributed by atoms with Crippen LogP contribution in [-0.2, 0) is 9.53 Å². The molecule has 0 spiro atoms. The van der Waals surface area contributed by atoms with Crippen LogP contribution in [0.15, 0.2) is 0 Å². The molecule has 1 aliphatic heterocycles. The molecule has 1 fully saturated rings. The molecule has 118 valence electrons. The van der Waals surface area contributed by atoms with Gasteiger partial charge in [0.1, 0.15) is 0 Å². The highest BCUT2D eigenvalue weighted by atomic mass is 16.5. The molecular weight excluding hydrogens is 258 g/mol. The number of aliphatic hydroxyl groups is 1. The minimum Gasteiger partial charge on any atom is -0.388 e. The Morgan fingerprint density at radius 1 is 1.30 bits per heavy atom. The van der Waals surface area contributed by atoms with Crippen molar-refractivity contribution < 1.29 is 14.6 Å². The summed E-state index contributed by atoms with van der Waals surface area (Å²) in [6.45, 7) is 3.80. The fourth-order valence-corrected chi connectivity index (χ4v) is 2.42. The van der Waals surface area contributed by atoms with Crippen molar-refractivity contribution in [2.75, 3.05) is 53.5 Å². The van der Waals surface area contributed by atoms with Crippen LogP contribution in [0.25, 0.3) is 0 Å². The number of nitrogens with two attached hydrogens (primary N) is 1. The molecule has 20 heavy (non-hydrogen) atoms. The van der Waals surface area contributed by atoms with Crippen LogP contribution in [0.4, 0.5) is 0 Å². The number of carbonyl (C=O) groups excluding carboxylic acids is 1. The number of hydrogen-bond donors (Lipinski definition) is 2. The summed E-state index contributed by atoms with van der Waals surface area (Å²) < 4.78 is 5.26. The molecule has 0 aromatic carbocycles. The van der Waals surface area contributed by atoms with Crippen molar-refractivity contribution in [1.29, 1.82) is 0 Å². The van der Waals surface area contributed by atoms with Gasteiger partial charge in [-0.05, 0) is 20.0 Å². The molecule has 1 rings (SSSR count). The molecule has 3 N–H and O–H groups in total. The molecular formula is C14H29N3O3. The van der Waals surface area contributed by atoms with Crippen molar-refractivity contribution in [2.45, 2.75) is 31.3 Å². The van der Waals surface area contributed by atoms with Gasteiger partial charge in [0.25, 0.3) is 0 Å². The number of amides is 1. The van der Waals surface area contributed by atoms with Gasteiger partial charge in [0.15, 0.2) is 0 Å². The summed E-state index contributed by atoms with van der Waals surface area (Å²) in [7, 11) is 3.75. The molecule has 6 nitrogen and oxygen atoms in total. The SMILES string of the molecule is CN(CCC(=O)N(C)CCCN)CC1(O)CCOCC1. The zero-order valence-electron chi connectivity index (χ0n) is 12.8. The van der Waals surface area contributed by atoms with Crippen molar-refractivity contribution in [3.8, 4) is 0 Å². The number of ether oxygens (including phenoxy) is 1. The fourth-order valence-electron chi connectivity index (χ4n) is 2.42. The molecule has 1 aliphatic rings. The molecule has 0 atom stereocenters. The van der Waals surface area contributed by atoms with Gasteiger partial charge in [-0.2, -0.15) is 0 Å². The first-order valence-electron chi connectivity index (χ1n) is 7.39. The molecule has 0 aromatic rings. The van der Waals surface area contributed by atoms with Gasteiger partial charge in [-0.25, -0.2) is 0 Å². The summed E-state index contributed by atoms with van der Waals surface area (Å²) in [6, 6.07) is 0. The third kappa shape index (κ3) is 6.17. The Bertz CT molecular complexity index is 293. The maximum atomic E-state index is 11.9. The molecule has 0 saturated carbocycles. The van der Waals surface area contributed by atoms with Crippen LogP contribution in [-0.4, -0.2) is 79.9 Å². The quantitative estimate of drug-likeness (QED) is 0.638. The van der Waals surface area contributed by atoms with Crippen molar-refractivity contribution in [3.05, 3.63) is 0 Å². The maximum Gasteiger partial charge on any atom is 0.223 e. The topological polar surface area (TPSA) is 79.0 Å². The van der Waals surface area contributed by atoms with E-state index in [9.17, 15) is 9.90 Å². The van der Waals surface area contributed by atoms with E-state index in [1.807, 2.05) is 19.0 Å². The van der Waals surface area contributed by atoms with Gasteiger partial charge >= 0.3 is 0 Å². The van der Waals surface area contributed by atoms with Crippen LogP contribution in [0.2, 0.25) is 0 Å². The average Bonchev–Trinajstić information content (AvgIpc) is 2.42. The van der Waals surface area contributed by atoms with Gasteiger partial charge in [0.2, 0.25) is 5.91 Å². The minimum atomic E-state index is -0.665. The largest absolute Gasteiger partial charge is 0.388 e. The molecule has 0 radical (unpaired) electrons. The van der Waals surface area contributed by atoms with Crippen molar-refractivity contribution in [2.24, 2.45) is 5.73 Å². The van der Waals surface area contributed by atoms with Gasteiger partial charge in [0.05, 0.1) is 5.60 Å². The van der Waals surface area contributed by atoms with Crippen LogP contribution >= 0.6 is 0 Å². The first-order chi connectivity index (χ1) is 9.47. The van der Waals surface area contributed by atoms with E-state index in [0.29, 0.717) is 58.7 Å². The van der Waals surface area contributed by atoms with E-state index in [0.717, 1.165) is 6.42 Å². The molecule has 1 heterocycles. The van der Waals surface area contributed by atoms with Crippen LogP contribution in [0.1, 0.15) is 25.7 Å². The highest BCUT2D eigenvalue weighted by Gasteiger charge is 2.30. The van der Waals surface area contributed by atoms with Gasteiger partial charge in [0, 0.05) is 59.2 Å². The second-order valence-corrected chi connectivity index (χ2v) is 5.78. The Balaban J connectivity index is 2.24. The lowest BCUT2D eigenvalue weighted by Crippen LogP contribution is -2.46. The predicted octanol–water partition coefficient (Wildman–Crippen LogP) is -0.343. The van der Waals surface area contributed by atoms with Crippen LogP contribution in [0, 0.1) is 0 Å². The summed E-state index contributed by atoms with van der Waals surface area (Å²) in [5.74, 6) is 0.129. The van der Waals surface area contributed by atoms with Crippen molar-refractivity contribution in [3.63, 3.8) is 0 Å². The standard InChI is InChI=1S/C14H29N3O3/c1-16(12-14(19)5-10-20-11-6-14)9-4-13(18)17(2)8-3-7-15/h19H,3-12,15H2,1-2H3. The van der Waals surface area contributed by atoms with Gasteiger partial charge in [-0.15, -0.1) is 0 Å². The summed E-state index contributed by atoms with van der Waals surface area (Å²) >= 11 is 0. The van der Waals surface area contributed by atoms with E-state index in [2.05, 4.69) is 0 Å². The third-order valence-corrected chi connectivity index (χ3v) is 3.82. The Hall–Kier alpha value is -0.690. The summed E-state index contributed by atoms with van der Waals surface area (Å²) in [5.41, 5.74) is 4.77. The van der Waals surface area contributed by atoms with Crippen molar-refractivity contribution >= 4 is 5.91 Å². The summed E-state index contributed by atoms with van der Waals surface area (Å²) in [4.78, 5) is 15.7. The third-order valence-electron chi connectivity index (χ3n) is 3.82. The Kier molecular flexibility index (Phi) is 7.43. The minimum absolute atomic E-state index is 0.129. The predicted molar refractivity (Wildman–Crippen MR) is 78.4 cm³/mol. The summed E-state index contributed by atoms with van der Waals surface area (Å²) in [5, 5.41) is 10.4. The average molecular weight is 287 g/mol. The molecule has 1 saturated heterocycles. The monoisotopic (exact) mass is 287 g/mol. The van der Waals surface area contributed by atoms with Gasteiger partial charge in [-0.1, -0.05) is 0 Å². The van der Waals surface area contributed by atoms with E-state index in [1.165, 1.54) is 0 Å². The fraction of sp³-hybridized carbons (Fsp3) is 0.929. The lowest BCUT2D eigenvalue weighted by atomic mass is 9.94.